The van der Waals surface area contributed by atoms with E-state index in [1.165, 1.54) is 6.07 Å². The Morgan fingerprint density at radius 1 is 1.43 bits per heavy atom. The highest BCUT2D eigenvalue weighted by Crippen LogP contribution is 2.36. The molecule has 0 bridgehead atoms. The highest BCUT2D eigenvalue weighted by Gasteiger charge is 2.36. The van der Waals surface area contributed by atoms with Crippen LogP contribution in [-0.4, -0.2) is 11.7 Å². The van der Waals surface area contributed by atoms with Crippen LogP contribution in [0.3, 0.4) is 0 Å². The van der Waals surface area contributed by atoms with E-state index in [0.717, 1.165) is 6.07 Å². The highest BCUT2D eigenvalue weighted by molar-refractivity contribution is 5.39. The van der Waals surface area contributed by atoms with Gasteiger partial charge < -0.3 is 10.8 Å². The van der Waals surface area contributed by atoms with E-state index in [-0.39, 0.29) is 6.61 Å². The van der Waals surface area contributed by atoms with Gasteiger partial charge in [-0.25, -0.2) is 8.78 Å². The van der Waals surface area contributed by atoms with E-state index < -0.39 is 17.2 Å². The van der Waals surface area contributed by atoms with Gasteiger partial charge in [-0.1, -0.05) is 6.07 Å². The van der Waals surface area contributed by atoms with Crippen molar-refractivity contribution in [3.63, 3.8) is 0 Å². The van der Waals surface area contributed by atoms with Gasteiger partial charge in [0.2, 0.25) is 0 Å². The van der Waals surface area contributed by atoms with Crippen molar-refractivity contribution in [3.8, 4) is 0 Å². The van der Waals surface area contributed by atoms with E-state index in [0.29, 0.717) is 24.0 Å². The molecule has 2 rings (SSSR count). The number of rotatable bonds is 1. The summed E-state index contributed by atoms with van der Waals surface area (Å²) in [7, 11) is 0. The molecule has 1 aromatic rings. The van der Waals surface area contributed by atoms with Gasteiger partial charge in [-0.3, -0.25) is 0 Å². The van der Waals surface area contributed by atoms with Crippen LogP contribution < -0.4 is 5.73 Å². The average Bonchev–Trinajstić information content (AvgIpc) is 2.52. The van der Waals surface area contributed by atoms with Crippen LogP contribution in [0.4, 0.5) is 8.78 Å². The molecule has 0 unspecified atom stereocenters. The second kappa shape index (κ2) is 3.00. The molecule has 1 atom stereocenters. The lowest BCUT2D eigenvalue weighted by Gasteiger charge is -2.22. The van der Waals surface area contributed by atoms with E-state index in [1.54, 1.807) is 0 Å². The highest BCUT2D eigenvalue weighted by atomic mass is 19.2. The molecule has 1 aromatic carbocycles. The molecule has 14 heavy (non-hydrogen) atoms. The quantitative estimate of drug-likeness (QED) is 0.710. The van der Waals surface area contributed by atoms with Crippen LogP contribution in [0.15, 0.2) is 12.1 Å². The minimum atomic E-state index is -0.899. The summed E-state index contributed by atoms with van der Waals surface area (Å²) >= 11 is 0. The molecule has 0 amide bonds. The Balaban J connectivity index is 2.58. The maximum atomic E-state index is 13.3. The van der Waals surface area contributed by atoms with Crippen molar-refractivity contribution < 1.29 is 13.9 Å². The van der Waals surface area contributed by atoms with Gasteiger partial charge in [0.05, 0.1) is 12.1 Å². The average molecular weight is 199 g/mol. The lowest BCUT2D eigenvalue weighted by molar-refractivity contribution is 0.196. The van der Waals surface area contributed by atoms with Crippen LogP contribution in [0.25, 0.3) is 0 Å². The molecule has 1 aliphatic carbocycles. The molecule has 2 nitrogen and oxygen atoms in total. The Bertz CT molecular complexity index is 381. The molecule has 76 valence electrons. The van der Waals surface area contributed by atoms with Crippen LogP contribution in [0, 0.1) is 11.6 Å². The maximum absolute atomic E-state index is 13.3. The Morgan fingerprint density at radius 3 is 2.79 bits per heavy atom. The fourth-order valence-corrected chi connectivity index (χ4v) is 1.95. The number of hydrogen-bond acceptors (Lipinski definition) is 2. The summed E-state index contributed by atoms with van der Waals surface area (Å²) in [5.41, 5.74) is 5.78. The molecule has 0 spiro atoms. The summed E-state index contributed by atoms with van der Waals surface area (Å²) in [6.07, 6.45) is 0.842. The van der Waals surface area contributed by atoms with Crippen molar-refractivity contribution in [1.29, 1.82) is 0 Å². The second-order valence-corrected chi connectivity index (χ2v) is 3.70. The van der Waals surface area contributed by atoms with Crippen molar-refractivity contribution in [2.75, 3.05) is 6.61 Å². The van der Waals surface area contributed by atoms with Crippen LogP contribution in [0.1, 0.15) is 17.5 Å². The van der Waals surface area contributed by atoms with E-state index >= 15 is 0 Å². The molecule has 0 saturated carbocycles. The lowest BCUT2D eigenvalue weighted by Crippen LogP contribution is -2.38. The van der Waals surface area contributed by atoms with E-state index in [4.69, 9.17) is 10.8 Å². The molecule has 3 N–H and O–H groups in total. The topological polar surface area (TPSA) is 46.2 Å². The molecule has 0 aromatic heterocycles. The summed E-state index contributed by atoms with van der Waals surface area (Å²) in [6, 6.07) is 2.51. The fourth-order valence-electron chi connectivity index (χ4n) is 1.95. The predicted molar refractivity (Wildman–Crippen MR) is 47.6 cm³/mol. The maximum Gasteiger partial charge on any atom is 0.162 e. The zero-order valence-electron chi connectivity index (χ0n) is 7.56. The molecular weight excluding hydrogens is 188 g/mol. The zero-order valence-corrected chi connectivity index (χ0v) is 7.56. The van der Waals surface area contributed by atoms with Gasteiger partial charge in [0.25, 0.3) is 0 Å². The molecular formula is C10H11F2NO. The Kier molecular flexibility index (Phi) is 2.05. The summed E-state index contributed by atoms with van der Waals surface area (Å²) < 4.78 is 26.1. The van der Waals surface area contributed by atoms with Crippen molar-refractivity contribution in [2.24, 2.45) is 5.73 Å². The number of hydrogen-bond donors (Lipinski definition) is 2. The van der Waals surface area contributed by atoms with Crippen LogP contribution in [-0.2, 0) is 12.0 Å². The number of benzene rings is 1. The smallest absolute Gasteiger partial charge is 0.162 e. The SMILES string of the molecule is N[C@]1(CO)CCc2c1ccc(F)c2F. The zero-order chi connectivity index (χ0) is 10.3. The summed E-state index contributed by atoms with van der Waals surface area (Å²) in [5, 5.41) is 9.09. The largest absolute Gasteiger partial charge is 0.394 e. The van der Waals surface area contributed by atoms with Crippen LogP contribution in [0.5, 0.6) is 0 Å². The lowest BCUT2D eigenvalue weighted by atomic mass is 9.94. The van der Waals surface area contributed by atoms with Crippen molar-refractivity contribution in [2.45, 2.75) is 18.4 Å². The first-order valence-electron chi connectivity index (χ1n) is 4.45. The Morgan fingerprint density at radius 2 is 2.14 bits per heavy atom. The number of aliphatic hydroxyl groups is 1. The van der Waals surface area contributed by atoms with Gasteiger partial charge in [-0.2, -0.15) is 0 Å². The monoisotopic (exact) mass is 199 g/mol. The van der Waals surface area contributed by atoms with E-state index in [1.807, 2.05) is 0 Å². The van der Waals surface area contributed by atoms with Gasteiger partial charge in [-0.05, 0) is 30.0 Å². The fraction of sp³-hybridized carbons (Fsp3) is 0.400. The molecule has 0 heterocycles. The third kappa shape index (κ3) is 1.14. The predicted octanol–water partition coefficient (Wildman–Crippen LogP) is 1.06. The molecule has 4 heteroatoms. The van der Waals surface area contributed by atoms with Gasteiger partial charge in [0.15, 0.2) is 11.6 Å². The Labute approximate surface area is 80.4 Å². The van der Waals surface area contributed by atoms with Crippen LogP contribution in [0.2, 0.25) is 0 Å². The van der Waals surface area contributed by atoms with Gasteiger partial charge in [0.1, 0.15) is 0 Å². The molecule has 0 aliphatic heterocycles. The van der Waals surface area contributed by atoms with E-state index in [2.05, 4.69) is 0 Å². The second-order valence-electron chi connectivity index (χ2n) is 3.70. The standard InChI is InChI=1S/C10H11F2NO/c11-8-2-1-7-6(9(8)12)3-4-10(7,13)5-14/h1-2,14H,3-5,13H2/t10-/m0/s1. The molecule has 0 fully saturated rings. The normalized spacial score (nSPS) is 25.1. The minimum Gasteiger partial charge on any atom is -0.394 e. The van der Waals surface area contributed by atoms with Gasteiger partial charge in [-0.15, -0.1) is 0 Å². The number of nitrogens with two attached hydrogens (primary N) is 1. The summed E-state index contributed by atoms with van der Waals surface area (Å²) in [4.78, 5) is 0. The Hall–Kier alpha value is -1.00. The number of halogens is 2. The van der Waals surface area contributed by atoms with E-state index in [9.17, 15) is 8.78 Å². The van der Waals surface area contributed by atoms with Crippen molar-refractivity contribution >= 4 is 0 Å². The van der Waals surface area contributed by atoms with Gasteiger partial charge >= 0.3 is 0 Å². The van der Waals surface area contributed by atoms with Crippen molar-refractivity contribution in [3.05, 3.63) is 34.9 Å². The summed E-state index contributed by atoms with van der Waals surface area (Å²) in [5.74, 6) is -1.69. The third-order valence-corrected chi connectivity index (χ3v) is 2.84. The first-order chi connectivity index (χ1) is 6.58. The van der Waals surface area contributed by atoms with Gasteiger partial charge in [0, 0.05) is 0 Å². The van der Waals surface area contributed by atoms with Crippen molar-refractivity contribution in [1.82, 2.24) is 0 Å². The van der Waals surface area contributed by atoms with Crippen LogP contribution >= 0.6 is 0 Å². The third-order valence-electron chi connectivity index (χ3n) is 2.84. The molecule has 0 radical (unpaired) electrons. The number of aliphatic hydroxyl groups excluding tert-OH is 1. The minimum absolute atomic E-state index is 0.245. The molecule has 0 saturated heterocycles. The molecule has 1 aliphatic rings. The first-order valence-corrected chi connectivity index (χ1v) is 4.45. The number of fused-ring (bicyclic) bond motifs is 1. The first kappa shape index (κ1) is 9.55. The summed E-state index contributed by atoms with van der Waals surface area (Å²) in [6.45, 7) is -0.245.